The van der Waals surface area contributed by atoms with Gasteiger partial charge in [-0.25, -0.2) is 4.98 Å². The van der Waals surface area contributed by atoms with Crippen LogP contribution in [0.5, 0.6) is 11.6 Å². The molecule has 0 fully saturated rings. The molecule has 7 nitrogen and oxygen atoms in total. The molecule has 5 rings (SSSR count). The van der Waals surface area contributed by atoms with Crippen molar-refractivity contribution in [1.29, 1.82) is 0 Å². The number of fused-ring (bicyclic) bond motifs is 2. The number of nitrogens with zero attached hydrogens (tertiary/aromatic N) is 3. The summed E-state index contributed by atoms with van der Waals surface area (Å²) in [4.78, 5) is 26.9. The molecular weight excluding hydrogens is 520 g/mol. The highest BCUT2D eigenvalue weighted by molar-refractivity contribution is 8.00. The lowest BCUT2D eigenvalue weighted by molar-refractivity contribution is -0.113. The van der Waals surface area contributed by atoms with Crippen molar-refractivity contribution in [1.82, 2.24) is 15.0 Å². The summed E-state index contributed by atoms with van der Waals surface area (Å²) in [6.07, 6.45) is 2.12. The monoisotopic (exact) mass is 546 g/mol. The van der Waals surface area contributed by atoms with E-state index in [9.17, 15) is 9.90 Å². The Morgan fingerprint density at radius 3 is 2.58 bits per heavy atom. The molecule has 0 aliphatic carbocycles. The number of aliphatic hydroxyl groups is 1. The van der Waals surface area contributed by atoms with E-state index >= 15 is 0 Å². The van der Waals surface area contributed by atoms with Gasteiger partial charge in [0.2, 0.25) is 11.8 Å². The first-order valence-electron chi connectivity index (χ1n) is 12.2. The average Bonchev–Trinajstić information content (AvgIpc) is 2.88. The third-order valence-corrected chi connectivity index (χ3v) is 7.68. The van der Waals surface area contributed by atoms with E-state index in [1.165, 1.54) is 11.8 Å². The van der Waals surface area contributed by atoms with Crippen LogP contribution in [0.1, 0.15) is 39.1 Å². The third kappa shape index (κ3) is 5.25. The van der Waals surface area contributed by atoms with Gasteiger partial charge in [-0.2, -0.15) is 4.98 Å². The molecule has 0 unspecified atom stereocenters. The van der Waals surface area contributed by atoms with Crippen LogP contribution in [0.15, 0.2) is 47.6 Å². The van der Waals surface area contributed by atoms with Gasteiger partial charge in [0.1, 0.15) is 5.03 Å². The summed E-state index contributed by atoms with van der Waals surface area (Å²) in [6, 6.07) is 11.4. The summed E-state index contributed by atoms with van der Waals surface area (Å²) in [5.41, 5.74) is 7.79. The molecule has 38 heavy (non-hydrogen) atoms. The molecule has 194 valence electrons. The Morgan fingerprint density at radius 1 is 1.11 bits per heavy atom. The zero-order valence-electron chi connectivity index (χ0n) is 21.6. The van der Waals surface area contributed by atoms with Crippen molar-refractivity contribution >= 4 is 35.0 Å². The minimum Gasteiger partial charge on any atom is -0.436 e. The number of nitrogens with one attached hydrogen (secondary N) is 1. The van der Waals surface area contributed by atoms with Crippen LogP contribution in [0.4, 0.5) is 5.69 Å². The minimum atomic E-state index is -0.157. The number of pyridine rings is 1. The van der Waals surface area contributed by atoms with Crippen LogP contribution in [-0.2, 0) is 17.8 Å². The van der Waals surface area contributed by atoms with Crippen LogP contribution in [0.2, 0.25) is 5.02 Å². The number of ether oxygens (including phenoxy) is 1. The maximum atomic E-state index is 13.0. The van der Waals surface area contributed by atoms with Crippen molar-refractivity contribution in [3.05, 3.63) is 86.7 Å². The van der Waals surface area contributed by atoms with Gasteiger partial charge in [-0.15, -0.1) is 0 Å². The summed E-state index contributed by atoms with van der Waals surface area (Å²) < 4.78 is 6.26. The lowest BCUT2D eigenvalue weighted by Crippen LogP contribution is -2.17. The number of anilines is 1. The number of amides is 1. The van der Waals surface area contributed by atoms with Gasteiger partial charge < -0.3 is 15.2 Å². The molecular formula is C29H27ClN4O3S. The number of hydrogen-bond donors (Lipinski definition) is 2. The number of halogens is 1. The quantitative estimate of drug-likeness (QED) is 0.189. The normalized spacial score (nSPS) is 11.9. The second-order valence-corrected chi connectivity index (χ2v) is 10.8. The number of aryl methyl sites for hydroxylation is 4. The highest BCUT2D eigenvalue weighted by Gasteiger charge is 2.28. The Morgan fingerprint density at radius 2 is 1.87 bits per heavy atom. The fourth-order valence-corrected chi connectivity index (χ4v) is 5.67. The summed E-state index contributed by atoms with van der Waals surface area (Å²) in [5.74, 6) is 1.48. The zero-order chi connectivity index (χ0) is 27.0. The summed E-state index contributed by atoms with van der Waals surface area (Å²) in [7, 11) is 0. The van der Waals surface area contributed by atoms with E-state index < -0.39 is 0 Å². The van der Waals surface area contributed by atoms with E-state index in [0.717, 1.165) is 39.1 Å². The van der Waals surface area contributed by atoms with Gasteiger partial charge in [0.15, 0.2) is 11.6 Å². The molecule has 0 atom stereocenters. The molecule has 1 aliphatic rings. The standard InChI is InChI=1S/C29H27ClN4O3S/c1-15-8-16(2)25(17(3)9-15)32-24(36)14-38-29-23-11-22-20(13-35)12-31-18(4)26(22)37-28(23)33-27(34-29)19-6-5-7-21(30)10-19/h5-10,12,35H,11,13-14H2,1-4H3,(H,32,36). The van der Waals surface area contributed by atoms with Gasteiger partial charge in [-0.05, 0) is 51.0 Å². The SMILES string of the molecule is Cc1cc(C)c(NC(=O)CSc2nc(-c3cccc(Cl)c3)nc3c2Cc2c(CO)cnc(C)c2O3)c(C)c1. The lowest BCUT2D eigenvalue weighted by atomic mass is 9.99. The van der Waals surface area contributed by atoms with E-state index in [2.05, 4.69) is 22.4 Å². The van der Waals surface area contributed by atoms with Crippen LogP contribution in [0.25, 0.3) is 11.4 Å². The highest BCUT2D eigenvalue weighted by atomic mass is 35.5. The molecule has 0 radical (unpaired) electrons. The number of aliphatic hydroxyl groups excluding tert-OH is 1. The van der Waals surface area contributed by atoms with Crippen molar-refractivity contribution < 1.29 is 14.6 Å². The van der Waals surface area contributed by atoms with Crippen molar-refractivity contribution in [2.45, 2.75) is 45.7 Å². The number of carbonyl (C=O) groups excluding carboxylic acids is 1. The fourth-order valence-electron chi connectivity index (χ4n) is 4.66. The maximum Gasteiger partial charge on any atom is 0.234 e. The van der Waals surface area contributed by atoms with Crippen LogP contribution < -0.4 is 10.1 Å². The summed E-state index contributed by atoms with van der Waals surface area (Å²) in [6.45, 7) is 7.72. The number of thioether (sulfide) groups is 1. The Balaban J connectivity index is 1.49. The predicted molar refractivity (Wildman–Crippen MR) is 150 cm³/mol. The molecule has 9 heteroatoms. The largest absolute Gasteiger partial charge is 0.436 e. The molecule has 1 aliphatic heterocycles. The van der Waals surface area contributed by atoms with E-state index in [1.807, 2.05) is 39.8 Å². The molecule has 2 aromatic carbocycles. The number of benzene rings is 2. The van der Waals surface area contributed by atoms with Gasteiger partial charge in [-0.3, -0.25) is 9.78 Å². The minimum absolute atomic E-state index is 0.130. The first-order chi connectivity index (χ1) is 18.2. The van der Waals surface area contributed by atoms with Crippen molar-refractivity contribution in [2.75, 3.05) is 11.1 Å². The highest BCUT2D eigenvalue weighted by Crippen LogP contribution is 2.42. The van der Waals surface area contributed by atoms with Crippen LogP contribution >= 0.6 is 23.4 Å². The first-order valence-corrected chi connectivity index (χ1v) is 13.5. The Labute approximate surface area is 230 Å². The molecule has 0 saturated carbocycles. The van der Waals surface area contributed by atoms with Gasteiger partial charge >= 0.3 is 0 Å². The molecule has 1 amide bonds. The maximum absolute atomic E-state index is 13.0. The van der Waals surface area contributed by atoms with Crippen molar-refractivity contribution in [3.8, 4) is 23.0 Å². The Hall–Kier alpha value is -3.46. The zero-order valence-corrected chi connectivity index (χ0v) is 23.1. The van der Waals surface area contributed by atoms with E-state index in [-0.39, 0.29) is 18.3 Å². The number of aromatic nitrogens is 3. The van der Waals surface area contributed by atoms with Crippen molar-refractivity contribution in [3.63, 3.8) is 0 Å². The van der Waals surface area contributed by atoms with E-state index in [4.69, 9.17) is 26.3 Å². The number of rotatable bonds is 6. The number of carbonyl (C=O) groups is 1. The topological polar surface area (TPSA) is 97.2 Å². The van der Waals surface area contributed by atoms with E-state index in [0.29, 0.717) is 45.2 Å². The van der Waals surface area contributed by atoms with Crippen molar-refractivity contribution in [2.24, 2.45) is 0 Å². The molecule has 0 bridgehead atoms. The van der Waals surface area contributed by atoms with Crippen LogP contribution in [0.3, 0.4) is 0 Å². The molecule has 2 aromatic heterocycles. The van der Waals surface area contributed by atoms with Gasteiger partial charge in [0.25, 0.3) is 0 Å². The van der Waals surface area contributed by atoms with E-state index in [1.54, 1.807) is 18.3 Å². The molecule has 0 saturated heterocycles. The Kier molecular flexibility index (Phi) is 7.38. The Bertz CT molecular complexity index is 1550. The van der Waals surface area contributed by atoms with Gasteiger partial charge in [0, 0.05) is 40.0 Å². The first kappa shape index (κ1) is 26.2. The van der Waals surface area contributed by atoms with Gasteiger partial charge in [-0.1, -0.05) is 53.2 Å². The average molecular weight is 547 g/mol. The molecule has 0 spiro atoms. The van der Waals surface area contributed by atoms with Crippen LogP contribution in [0, 0.1) is 27.7 Å². The number of hydrogen-bond acceptors (Lipinski definition) is 7. The molecule has 2 N–H and O–H groups in total. The fraction of sp³-hybridized carbons (Fsp3) is 0.241. The summed E-state index contributed by atoms with van der Waals surface area (Å²) >= 11 is 7.57. The summed E-state index contributed by atoms with van der Waals surface area (Å²) in [5, 5.41) is 14.2. The van der Waals surface area contributed by atoms with Crippen LogP contribution in [-0.4, -0.2) is 31.7 Å². The molecule has 4 aromatic rings. The second kappa shape index (κ2) is 10.7. The van der Waals surface area contributed by atoms with Gasteiger partial charge in [0.05, 0.1) is 23.6 Å². The lowest BCUT2D eigenvalue weighted by Gasteiger charge is -2.24. The smallest absolute Gasteiger partial charge is 0.234 e. The molecule has 3 heterocycles. The predicted octanol–water partition coefficient (Wildman–Crippen LogP) is 6.35. The second-order valence-electron chi connectivity index (χ2n) is 9.37. The third-order valence-electron chi connectivity index (χ3n) is 6.42.